The van der Waals surface area contributed by atoms with E-state index in [1.807, 2.05) is 0 Å². The number of thioether (sulfide) groups is 1. The van der Waals surface area contributed by atoms with Gasteiger partial charge in [0.15, 0.2) is 5.82 Å². The van der Waals surface area contributed by atoms with Crippen LogP contribution in [0.4, 0.5) is 10.1 Å². The Labute approximate surface area is 137 Å². The molecule has 0 fully saturated rings. The van der Waals surface area contributed by atoms with Crippen LogP contribution in [-0.2, 0) is 0 Å². The number of nitrogens with two attached hydrogens (primary N) is 1. The highest BCUT2D eigenvalue weighted by molar-refractivity contribution is 7.99. The summed E-state index contributed by atoms with van der Waals surface area (Å²) in [6.45, 7) is 0. The monoisotopic (exact) mass is 343 g/mol. The number of ether oxygens (including phenoxy) is 2. The fourth-order valence-electron chi connectivity index (χ4n) is 1.95. The molecule has 118 valence electrons. The molecule has 0 spiro atoms. The molecule has 0 aliphatic rings. The predicted octanol–water partition coefficient (Wildman–Crippen LogP) is 3.32. The van der Waals surface area contributed by atoms with E-state index in [0.717, 1.165) is 0 Å². The van der Waals surface area contributed by atoms with E-state index in [2.05, 4.69) is 9.97 Å². The first-order valence-electron chi connectivity index (χ1n) is 6.25. The number of aromatic nitrogens is 2. The van der Waals surface area contributed by atoms with Crippen molar-refractivity contribution in [3.63, 3.8) is 0 Å². The van der Waals surface area contributed by atoms with Crippen molar-refractivity contribution in [2.45, 2.75) is 5.25 Å². The molecule has 5 nitrogen and oxygen atoms in total. The first-order valence-corrected chi connectivity index (χ1v) is 7.91. The number of hydrogen-bond acceptors (Lipinski definition) is 6. The largest absolute Gasteiger partial charge is 0.481 e. The molecule has 1 heterocycles. The molecule has 0 saturated heterocycles. The van der Waals surface area contributed by atoms with Crippen LogP contribution >= 0.6 is 23.4 Å². The standard InChI is InChI=1S/C14H15ClFN3O2S/c1-20-9-6-10(21-2)19-14(18-9)13(22-3)11-8(16)5-4-7(15)12(11)17/h4-6,13H,17H2,1-3H3. The third kappa shape index (κ3) is 3.20. The van der Waals surface area contributed by atoms with Crippen LogP contribution in [0, 0.1) is 5.82 Å². The van der Waals surface area contributed by atoms with E-state index < -0.39 is 11.1 Å². The lowest BCUT2D eigenvalue weighted by Gasteiger charge is -2.18. The molecule has 1 atom stereocenters. The summed E-state index contributed by atoms with van der Waals surface area (Å²) in [7, 11) is 2.96. The molecule has 2 aromatic rings. The van der Waals surface area contributed by atoms with Crippen LogP contribution in [0.5, 0.6) is 11.8 Å². The highest BCUT2D eigenvalue weighted by Gasteiger charge is 2.25. The number of rotatable bonds is 5. The number of benzene rings is 1. The van der Waals surface area contributed by atoms with Crippen LogP contribution in [0.1, 0.15) is 16.6 Å². The van der Waals surface area contributed by atoms with E-state index in [1.165, 1.54) is 38.1 Å². The summed E-state index contributed by atoms with van der Waals surface area (Å²) in [5, 5.41) is -0.256. The molecular weight excluding hydrogens is 329 g/mol. The zero-order valence-corrected chi connectivity index (χ0v) is 13.8. The average Bonchev–Trinajstić information content (AvgIpc) is 2.54. The van der Waals surface area contributed by atoms with Gasteiger partial charge in [-0.15, -0.1) is 11.8 Å². The summed E-state index contributed by atoms with van der Waals surface area (Å²) in [5.41, 5.74) is 6.35. The van der Waals surface area contributed by atoms with Gasteiger partial charge in [0.05, 0.1) is 36.2 Å². The summed E-state index contributed by atoms with van der Waals surface area (Å²) in [5.74, 6) is 0.506. The second kappa shape index (κ2) is 7.02. The van der Waals surface area contributed by atoms with Gasteiger partial charge in [-0.2, -0.15) is 9.97 Å². The van der Waals surface area contributed by atoms with Gasteiger partial charge in [0.1, 0.15) is 5.82 Å². The smallest absolute Gasteiger partial charge is 0.220 e. The van der Waals surface area contributed by atoms with Gasteiger partial charge in [-0.05, 0) is 18.4 Å². The second-order valence-electron chi connectivity index (χ2n) is 4.28. The van der Waals surface area contributed by atoms with Crippen LogP contribution in [0.3, 0.4) is 0 Å². The van der Waals surface area contributed by atoms with Crippen LogP contribution in [-0.4, -0.2) is 30.4 Å². The Hall–Kier alpha value is -1.73. The fraction of sp³-hybridized carbons (Fsp3) is 0.286. The van der Waals surface area contributed by atoms with Crippen molar-refractivity contribution < 1.29 is 13.9 Å². The van der Waals surface area contributed by atoms with E-state index in [9.17, 15) is 4.39 Å². The number of anilines is 1. The normalized spacial score (nSPS) is 12.0. The molecular formula is C14H15ClFN3O2S. The van der Waals surface area contributed by atoms with E-state index in [1.54, 1.807) is 12.3 Å². The zero-order chi connectivity index (χ0) is 16.3. The van der Waals surface area contributed by atoms with Crippen molar-refractivity contribution in [2.75, 3.05) is 26.2 Å². The average molecular weight is 344 g/mol. The minimum absolute atomic E-state index is 0.173. The first-order chi connectivity index (χ1) is 10.5. The maximum Gasteiger partial charge on any atom is 0.220 e. The summed E-state index contributed by atoms with van der Waals surface area (Å²) in [6, 6.07) is 4.23. The summed E-state index contributed by atoms with van der Waals surface area (Å²) in [4.78, 5) is 8.52. The molecule has 0 saturated carbocycles. The molecule has 1 aromatic heterocycles. The molecule has 2 rings (SSSR count). The minimum atomic E-state index is -0.539. The number of hydrogen-bond donors (Lipinski definition) is 1. The van der Waals surface area contributed by atoms with Gasteiger partial charge in [0.2, 0.25) is 11.8 Å². The molecule has 0 radical (unpaired) electrons. The van der Waals surface area contributed by atoms with Crippen molar-refractivity contribution in [2.24, 2.45) is 0 Å². The van der Waals surface area contributed by atoms with Gasteiger partial charge < -0.3 is 15.2 Å². The Balaban J connectivity index is 2.60. The van der Waals surface area contributed by atoms with Gasteiger partial charge in [0, 0.05) is 5.56 Å². The number of methoxy groups -OCH3 is 2. The second-order valence-corrected chi connectivity index (χ2v) is 5.63. The van der Waals surface area contributed by atoms with Crippen LogP contribution < -0.4 is 15.2 Å². The zero-order valence-electron chi connectivity index (χ0n) is 12.3. The van der Waals surface area contributed by atoms with E-state index >= 15 is 0 Å². The first kappa shape index (κ1) is 16.6. The maximum atomic E-state index is 14.2. The Morgan fingerprint density at radius 3 is 2.32 bits per heavy atom. The maximum absolute atomic E-state index is 14.2. The van der Waals surface area contributed by atoms with Crippen molar-refractivity contribution in [1.82, 2.24) is 9.97 Å². The van der Waals surface area contributed by atoms with Gasteiger partial charge in [0.25, 0.3) is 0 Å². The van der Waals surface area contributed by atoms with Crippen LogP contribution in [0.2, 0.25) is 5.02 Å². The molecule has 1 aromatic carbocycles. The fourth-order valence-corrected chi connectivity index (χ4v) is 2.91. The number of nitrogens with zero attached hydrogens (tertiary/aromatic N) is 2. The molecule has 8 heteroatoms. The Morgan fingerprint density at radius 1 is 1.23 bits per heavy atom. The summed E-state index contributed by atoms with van der Waals surface area (Å²) in [6.07, 6.45) is 1.81. The minimum Gasteiger partial charge on any atom is -0.481 e. The van der Waals surface area contributed by atoms with Gasteiger partial charge in [-0.3, -0.25) is 0 Å². The van der Waals surface area contributed by atoms with Gasteiger partial charge in [-0.1, -0.05) is 11.6 Å². The molecule has 0 amide bonds. The summed E-state index contributed by atoms with van der Waals surface area (Å²) >= 11 is 7.34. The van der Waals surface area contributed by atoms with Crippen LogP contribution in [0.25, 0.3) is 0 Å². The number of halogens is 2. The van der Waals surface area contributed by atoms with Crippen molar-refractivity contribution >= 4 is 29.1 Å². The lowest BCUT2D eigenvalue weighted by Crippen LogP contribution is -2.10. The molecule has 22 heavy (non-hydrogen) atoms. The van der Waals surface area contributed by atoms with Gasteiger partial charge in [-0.25, -0.2) is 4.39 Å². The van der Waals surface area contributed by atoms with E-state index in [-0.39, 0.29) is 16.3 Å². The lowest BCUT2D eigenvalue weighted by molar-refractivity contribution is 0.368. The van der Waals surface area contributed by atoms with E-state index in [4.69, 9.17) is 26.8 Å². The lowest BCUT2D eigenvalue weighted by atomic mass is 10.1. The molecule has 2 N–H and O–H groups in total. The quantitative estimate of drug-likeness (QED) is 0.840. The SMILES string of the molecule is COc1cc(OC)nc(C(SC)c2c(F)ccc(Cl)c2N)n1. The van der Waals surface area contributed by atoms with Gasteiger partial charge >= 0.3 is 0 Å². The molecule has 1 unspecified atom stereocenters. The third-order valence-corrected chi connectivity index (χ3v) is 4.28. The van der Waals surface area contributed by atoms with Crippen molar-refractivity contribution in [1.29, 1.82) is 0 Å². The topological polar surface area (TPSA) is 70.3 Å². The number of nitrogen functional groups attached to an aromatic ring is 1. The van der Waals surface area contributed by atoms with E-state index in [0.29, 0.717) is 17.6 Å². The highest BCUT2D eigenvalue weighted by Crippen LogP contribution is 2.40. The third-order valence-electron chi connectivity index (χ3n) is 3.03. The Kier molecular flexibility index (Phi) is 5.31. The molecule has 0 bridgehead atoms. The molecule has 0 aliphatic heterocycles. The van der Waals surface area contributed by atoms with Crippen molar-refractivity contribution in [3.8, 4) is 11.8 Å². The highest BCUT2D eigenvalue weighted by atomic mass is 35.5. The Morgan fingerprint density at radius 2 is 1.82 bits per heavy atom. The van der Waals surface area contributed by atoms with Crippen LogP contribution in [0.15, 0.2) is 18.2 Å². The molecule has 0 aliphatic carbocycles. The summed E-state index contributed by atoms with van der Waals surface area (Å²) < 4.78 is 24.5. The van der Waals surface area contributed by atoms with Crippen molar-refractivity contribution in [3.05, 3.63) is 40.4 Å². The predicted molar refractivity (Wildman–Crippen MR) is 86.3 cm³/mol. The Bertz CT molecular complexity index is 665.